The number of hydrogen-bond acceptors (Lipinski definition) is 4. The van der Waals surface area contributed by atoms with Gasteiger partial charge in [0, 0.05) is 11.9 Å². The summed E-state index contributed by atoms with van der Waals surface area (Å²) in [5.74, 6) is -1.86. The van der Waals surface area contributed by atoms with Gasteiger partial charge in [-0.25, -0.2) is 4.39 Å². The van der Waals surface area contributed by atoms with E-state index in [9.17, 15) is 14.0 Å². The van der Waals surface area contributed by atoms with Gasteiger partial charge in [-0.3, -0.25) is 15.0 Å². The quantitative estimate of drug-likeness (QED) is 0.662. The number of thioether (sulfide) groups is 1. The zero-order valence-electron chi connectivity index (χ0n) is 11.6. The van der Waals surface area contributed by atoms with Gasteiger partial charge in [0.2, 0.25) is 0 Å². The average Bonchev–Trinajstić information content (AvgIpc) is 3.12. The van der Waals surface area contributed by atoms with Crippen molar-refractivity contribution in [2.24, 2.45) is 0 Å². The number of aromatic nitrogens is 1. The maximum absolute atomic E-state index is 13.6. The van der Waals surface area contributed by atoms with E-state index in [0.717, 1.165) is 22.5 Å². The van der Waals surface area contributed by atoms with Gasteiger partial charge in [0.05, 0.1) is 10.5 Å². The third-order valence-electron chi connectivity index (χ3n) is 3.03. The Morgan fingerprint density at radius 3 is 2.78 bits per heavy atom. The van der Waals surface area contributed by atoms with Crippen molar-refractivity contribution in [2.75, 3.05) is 0 Å². The van der Waals surface area contributed by atoms with Gasteiger partial charge in [-0.15, -0.1) is 0 Å². The number of carbonyl (C=O) groups is 2. The summed E-state index contributed by atoms with van der Waals surface area (Å²) < 4.78 is 13.8. The summed E-state index contributed by atoms with van der Waals surface area (Å²) >= 11 is 6.16. The number of amides is 2. The Bertz CT molecular complexity index is 818. The van der Waals surface area contributed by atoms with E-state index in [0.29, 0.717) is 4.91 Å². The van der Waals surface area contributed by atoms with Gasteiger partial charge < -0.3 is 4.98 Å². The monoisotopic (exact) mass is 347 g/mol. The molecule has 0 saturated carbocycles. The van der Waals surface area contributed by atoms with E-state index in [4.69, 9.17) is 12.2 Å². The smallest absolute Gasteiger partial charge is 0.285 e. The molecule has 1 saturated heterocycles. The lowest BCUT2D eigenvalue weighted by Crippen LogP contribution is -2.45. The first kappa shape index (κ1) is 15.4. The normalized spacial score (nSPS) is 16.2. The van der Waals surface area contributed by atoms with Crippen molar-refractivity contribution < 1.29 is 14.0 Å². The Morgan fingerprint density at radius 1 is 1.30 bits per heavy atom. The highest BCUT2D eigenvalue weighted by Crippen LogP contribution is 2.31. The van der Waals surface area contributed by atoms with Crippen LogP contribution >= 0.6 is 24.0 Å². The lowest BCUT2D eigenvalue weighted by atomic mass is 10.2. The van der Waals surface area contributed by atoms with Gasteiger partial charge in [-0.2, -0.15) is 5.01 Å². The van der Waals surface area contributed by atoms with Crippen LogP contribution in [0.3, 0.4) is 0 Å². The van der Waals surface area contributed by atoms with Gasteiger partial charge in [0.1, 0.15) is 5.82 Å². The fourth-order valence-corrected chi connectivity index (χ4v) is 3.12. The average molecular weight is 347 g/mol. The first-order valence-electron chi connectivity index (χ1n) is 6.53. The minimum absolute atomic E-state index is 0.158. The molecule has 2 N–H and O–H groups in total. The zero-order valence-corrected chi connectivity index (χ0v) is 13.2. The molecule has 2 heterocycles. The predicted octanol–water partition coefficient (Wildman–Crippen LogP) is 2.70. The van der Waals surface area contributed by atoms with Crippen LogP contribution in [0.25, 0.3) is 6.08 Å². The van der Waals surface area contributed by atoms with E-state index in [1.54, 1.807) is 24.4 Å². The molecule has 116 valence electrons. The van der Waals surface area contributed by atoms with Gasteiger partial charge >= 0.3 is 0 Å². The first-order valence-corrected chi connectivity index (χ1v) is 7.75. The summed E-state index contributed by atoms with van der Waals surface area (Å²) in [6.07, 6.45) is 3.36. The number of nitrogens with one attached hydrogen (secondary N) is 2. The van der Waals surface area contributed by atoms with Crippen LogP contribution in [0.1, 0.15) is 16.1 Å². The molecule has 3 rings (SSSR count). The summed E-state index contributed by atoms with van der Waals surface area (Å²) in [5.41, 5.74) is 2.92. The lowest BCUT2D eigenvalue weighted by molar-refractivity contribution is -0.123. The molecule has 1 aromatic carbocycles. The number of thiocarbonyl (C=S) groups is 1. The highest BCUT2D eigenvalue weighted by molar-refractivity contribution is 8.26. The Hall–Kier alpha value is -2.45. The molecule has 1 aromatic heterocycles. The molecular formula is C15H10FN3O2S2. The van der Waals surface area contributed by atoms with Crippen LogP contribution in [0.2, 0.25) is 0 Å². The van der Waals surface area contributed by atoms with Crippen molar-refractivity contribution >= 4 is 46.2 Å². The third kappa shape index (κ3) is 3.17. The van der Waals surface area contributed by atoms with Gasteiger partial charge in [0.15, 0.2) is 4.32 Å². The van der Waals surface area contributed by atoms with Gasteiger partial charge in [0.25, 0.3) is 11.8 Å². The second-order valence-corrected chi connectivity index (χ2v) is 6.24. The maximum atomic E-state index is 13.6. The number of rotatable bonds is 3. The number of benzene rings is 1. The van der Waals surface area contributed by atoms with E-state index in [1.165, 1.54) is 24.3 Å². The molecule has 0 radical (unpaired) electrons. The van der Waals surface area contributed by atoms with Crippen molar-refractivity contribution in [1.29, 1.82) is 0 Å². The number of hydrazine groups is 1. The minimum atomic E-state index is -0.736. The third-order valence-corrected chi connectivity index (χ3v) is 4.34. The van der Waals surface area contributed by atoms with Crippen molar-refractivity contribution in [3.05, 3.63) is 64.6 Å². The molecule has 23 heavy (non-hydrogen) atoms. The summed E-state index contributed by atoms with van der Waals surface area (Å²) in [5, 5.41) is 0.948. The van der Waals surface area contributed by atoms with Crippen LogP contribution < -0.4 is 5.43 Å². The molecule has 1 aliphatic rings. The fraction of sp³-hybridized carbons (Fsp3) is 0. The largest absolute Gasteiger partial charge is 0.362 e. The van der Waals surface area contributed by atoms with E-state index in [1.807, 2.05) is 0 Å². The number of aromatic amines is 1. The number of halogens is 1. The Labute approximate surface area is 140 Å². The van der Waals surface area contributed by atoms with Gasteiger partial charge in [-0.1, -0.05) is 23.9 Å². The summed E-state index contributed by atoms with van der Waals surface area (Å²) in [6, 6.07) is 9.11. The molecule has 1 fully saturated rings. The SMILES string of the molecule is O=C(NN1C(=O)/C(=C/c2ccc[nH]2)SC1=S)c1ccccc1F. The predicted molar refractivity (Wildman–Crippen MR) is 89.7 cm³/mol. The molecule has 0 unspecified atom stereocenters. The van der Waals surface area contributed by atoms with Crippen LogP contribution in [0.15, 0.2) is 47.5 Å². The molecule has 0 aliphatic carbocycles. The molecule has 8 heteroatoms. The number of H-pyrrole nitrogens is 1. The van der Waals surface area contributed by atoms with E-state index >= 15 is 0 Å². The maximum Gasteiger partial charge on any atom is 0.285 e. The fourth-order valence-electron chi connectivity index (χ4n) is 1.95. The molecular weight excluding hydrogens is 337 g/mol. The van der Waals surface area contributed by atoms with Crippen LogP contribution in [0.5, 0.6) is 0 Å². The highest BCUT2D eigenvalue weighted by Gasteiger charge is 2.34. The van der Waals surface area contributed by atoms with Crippen molar-refractivity contribution in [3.63, 3.8) is 0 Å². The molecule has 5 nitrogen and oxygen atoms in total. The highest BCUT2D eigenvalue weighted by atomic mass is 32.2. The standard InChI is InChI=1S/C15H10FN3O2S2/c16-11-6-2-1-5-10(11)13(20)18-19-14(21)12(23-15(19)22)8-9-4-3-7-17-9/h1-8,17H,(H,18,20)/b12-8-. The lowest BCUT2D eigenvalue weighted by Gasteiger charge is -2.15. The van der Waals surface area contributed by atoms with Gasteiger partial charge in [-0.05, 0) is 42.6 Å². The minimum Gasteiger partial charge on any atom is -0.362 e. The Morgan fingerprint density at radius 2 is 2.09 bits per heavy atom. The van der Waals surface area contributed by atoms with Crippen LogP contribution in [-0.4, -0.2) is 26.1 Å². The second kappa shape index (κ2) is 6.35. The number of nitrogens with zero attached hydrogens (tertiary/aromatic N) is 1. The van der Waals surface area contributed by atoms with E-state index < -0.39 is 17.6 Å². The second-order valence-electron chi connectivity index (χ2n) is 4.56. The van der Waals surface area contributed by atoms with Crippen LogP contribution in [0.4, 0.5) is 4.39 Å². The van der Waals surface area contributed by atoms with E-state index in [-0.39, 0.29) is 9.88 Å². The summed E-state index contributed by atoms with van der Waals surface area (Å²) in [6.45, 7) is 0. The van der Waals surface area contributed by atoms with Crippen LogP contribution in [-0.2, 0) is 4.79 Å². The van der Waals surface area contributed by atoms with Crippen molar-refractivity contribution in [3.8, 4) is 0 Å². The molecule has 0 spiro atoms. The summed E-state index contributed by atoms with van der Waals surface area (Å²) in [4.78, 5) is 27.7. The molecule has 2 aromatic rings. The van der Waals surface area contributed by atoms with E-state index in [2.05, 4.69) is 10.4 Å². The summed E-state index contributed by atoms with van der Waals surface area (Å²) in [7, 11) is 0. The molecule has 2 amide bonds. The Balaban J connectivity index is 1.79. The van der Waals surface area contributed by atoms with Crippen molar-refractivity contribution in [2.45, 2.75) is 0 Å². The van der Waals surface area contributed by atoms with Crippen LogP contribution in [0, 0.1) is 5.82 Å². The molecule has 0 atom stereocenters. The number of hydrogen-bond donors (Lipinski definition) is 2. The van der Waals surface area contributed by atoms with Crippen molar-refractivity contribution in [1.82, 2.24) is 15.4 Å². The molecule has 0 bridgehead atoms. The Kier molecular flexibility index (Phi) is 4.26. The zero-order chi connectivity index (χ0) is 16.4. The topological polar surface area (TPSA) is 65.2 Å². The number of carbonyl (C=O) groups excluding carboxylic acids is 2. The molecule has 1 aliphatic heterocycles. The first-order chi connectivity index (χ1) is 11.1.